The summed E-state index contributed by atoms with van der Waals surface area (Å²) in [5.41, 5.74) is 1.17. The van der Waals surface area contributed by atoms with Gasteiger partial charge in [0, 0.05) is 5.02 Å². The Kier molecular flexibility index (Phi) is 3.65. The summed E-state index contributed by atoms with van der Waals surface area (Å²) in [6.45, 7) is 0. The summed E-state index contributed by atoms with van der Waals surface area (Å²) in [6.07, 6.45) is 5.86. The molecule has 3 rings (SSSR count). The van der Waals surface area contributed by atoms with Crippen LogP contribution >= 0.6 is 11.6 Å². The molecule has 1 fully saturated rings. The molecular formula is C14H15ClN2O2S. The Morgan fingerprint density at radius 2 is 1.85 bits per heavy atom. The van der Waals surface area contributed by atoms with E-state index in [1.165, 1.54) is 6.20 Å². The lowest BCUT2D eigenvalue weighted by Gasteiger charge is -2.21. The summed E-state index contributed by atoms with van der Waals surface area (Å²) < 4.78 is 25.1. The SMILES string of the molecule is O=S(=O)(c1cnc2cc(Cl)ccc2n1)C1CCCCC1. The number of sulfone groups is 1. The summed E-state index contributed by atoms with van der Waals surface area (Å²) in [6, 6.07) is 5.07. The maximum Gasteiger partial charge on any atom is 0.200 e. The van der Waals surface area contributed by atoms with Crippen molar-refractivity contribution in [1.82, 2.24) is 9.97 Å². The number of rotatable bonds is 2. The summed E-state index contributed by atoms with van der Waals surface area (Å²) in [5, 5.41) is 0.337. The van der Waals surface area contributed by atoms with Gasteiger partial charge in [0.1, 0.15) is 0 Å². The van der Waals surface area contributed by atoms with E-state index in [1.807, 2.05) is 0 Å². The Hall–Kier alpha value is -1.20. The highest BCUT2D eigenvalue weighted by Crippen LogP contribution is 2.28. The molecule has 1 aromatic carbocycles. The molecule has 1 aliphatic rings. The predicted molar refractivity (Wildman–Crippen MR) is 78.6 cm³/mol. The van der Waals surface area contributed by atoms with Crippen molar-refractivity contribution in [3.63, 3.8) is 0 Å². The average molecular weight is 311 g/mol. The van der Waals surface area contributed by atoms with Crippen molar-refractivity contribution in [2.45, 2.75) is 42.4 Å². The molecule has 2 aromatic rings. The van der Waals surface area contributed by atoms with E-state index in [-0.39, 0.29) is 10.3 Å². The molecule has 0 unspecified atom stereocenters. The molecule has 106 valence electrons. The lowest BCUT2D eigenvalue weighted by Crippen LogP contribution is -2.25. The van der Waals surface area contributed by atoms with Gasteiger partial charge in [-0.25, -0.2) is 13.4 Å². The molecule has 0 aliphatic heterocycles. The van der Waals surface area contributed by atoms with Crippen molar-refractivity contribution in [2.24, 2.45) is 0 Å². The van der Waals surface area contributed by atoms with E-state index in [0.717, 1.165) is 32.1 Å². The number of halogens is 1. The number of nitrogens with zero attached hydrogens (tertiary/aromatic N) is 2. The highest BCUT2D eigenvalue weighted by Gasteiger charge is 2.30. The van der Waals surface area contributed by atoms with Crippen LogP contribution in [0.5, 0.6) is 0 Å². The van der Waals surface area contributed by atoms with Gasteiger partial charge in [0.15, 0.2) is 14.9 Å². The van der Waals surface area contributed by atoms with Crippen LogP contribution in [0.3, 0.4) is 0 Å². The van der Waals surface area contributed by atoms with Gasteiger partial charge in [-0.1, -0.05) is 30.9 Å². The second-order valence-corrected chi connectivity index (χ2v) is 7.76. The topological polar surface area (TPSA) is 59.9 Å². The minimum absolute atomic E-state index is 0.0826. The van der Waals surface area contributed by atoms with Gasteiger partial charge in [-0.3, -0.25) is 4.98 Å². The third-order valence-electron chi connectivity index (χ3n) is 3.76. The first-order chi connectivity index (χ1) is 9.57. The first-order valence-corrected chi connectivity index (χ1v) is 8.66. The van der Waals surface area contributed by atoms with E-state index >= 15 is 0 Å². The summed E-state index contributed by atoms with van der Waals surface area (Å²) in [5.74, 6) is 0. The summed E-state index contributed by atoms with van der Waals surface area (Å²) in [7, 11) is -3.37. The Balaban J connectivity index is 2.02. The molecular weight excluding hydrogens is 296 g/mol. The zero-order valence-corrected chi connectivity index (χ0v) is 12.5. The fourth-order valence-electron chi connectivity index (χ4n) is 2.65. The van der Waals surface area contributed by atoms with E-state index in [9.17, 15) is 8.42 Å². The minimum atomic E-state index is -3.37. The highest BCUT2D eigenvalue weighted by atomic mass is 35.5. The first-order valence-electron chi connectivity index (χ1n) is 6.73. The van der Waals surface area contributed by atoms with Crippen LogP contribution in [-0.4, -0.2) is 23.6 Å². The molecule has 6 heteroatoms. The maximum absolute atomic E-state index is 12.6. The fourth-order valence-corrected chi connectivity index (χ4v) is 4.54. The zero-order chi connectivity index (χ0) is 14.2. The van der Waals surface area contributed by atoms with Crippen molar-refractivity contribution in [3.8, 4) is 0 Å². The molecule has 20 heavy (non-hydrogen) atoms. The van der Waals surface area contributed by atoms with E-state index in [4.69, 9.17) is 11.6 Å². The van der Waals surface area contributed by atoms with E-state index in [1.54, 1.807) is 18.2 Å². The smallest absolute Gasteiger partial charge is 0.200 e. The van der Waals surface area contributed by atoms with Gasteiger partial charge in [0.25, 0.3) is 0 Å². The van der Waals surface area contributed by atoms with Gasteiger partial charge in [-0.2, -0.15) is 0 Å². The van der Waals surface area contributed by atoms with Crippen molar-refractivity contribution < 1.29 is 8.42 Å². The summed E-state index contributed by atoms with van der Waals surface area (Å²) in [4.78, 5) is 8.43. The van der Waals surface area contributed by atoms with Crippen molar-refractivity contribution in [2.75, 3.05) is 0 Å². The average Bonchev–Trinajstić information content (AvgIpc) is 2.47. The Bertz CT molecular complexity index is 740. The molecule has 1 aromatic heterocycles. The van der Waals surface area contributed by atoms with Gasteiger partial charge < -0.3 is 0 Å². The van der Waals surface area contributed by atoms with Crippen LogP contribution in [0.4, 0.5) is 0 Å². The predicted octanol–water partition coefficient (Wildman–Crippen LogP) is 3.39. The standard InChI is InChI=1S/C14H15ClN2O2S/c15-10-6-7-12-13(8-10)16-9-14(17-12)20(18,19)11-4-2-1-3-5-11/h6-9,11H,1-5H2. The van der Waals surface area contributed by atoms with Crippen LogP contribution in [0, 0.1) is 0 Å². The lowest BCUT2D eigenvalue weighted by molar-refractivity contribution is 0.482. The van der Waals surface area contributed by atoms with Gasteiger partial charge >= 0.3 is 0 Å². The number of fused-ring (bicyclic) bond motifs is 1. The molecule has 0 atom stereocenters. The second-order valence-electron chi connectivity index (χ2n) is 5.15. The van der Waals surface area contributed by atoms with Crippen molar-refractivity contribution in [3.05, 3.63) is 29.4 Å². The number of benzene rings is 1. The van der Waals surface area contributed by atoms with Crippen molar-refractivity contribution in [1.29, 1.82) is 0 Å². The molecule has 0 amide bonds. The minimum Gasteiger partial charge on any atom is -0.252 e. The van der Waals surface area contributed by atoms with Gasteiger partial charge in [0.05, 0.1) is 22.5 Å². The first kappa shape index (κ1) is 13.8. The van der Waals surface area contributed by atoms with Gasteiger partial charge in [-0.05, 0) is 31.0 Å². The van der Waals surface area contributed by atoms with Crippen LogP contribution in [0.2, 0.25) is 5.02 Å². The van der Waals surface area contributed by atoms with Gasteiger partial charge in [0.2, 0.25) is 0 Å². The lowest BCUT2D eigenvalue weighted by atomic mass is 10.0. The van der Waals surface area contributed by atoms with E-state index in [2.05, 4.69) is 9.97 Å². The molecule has 0 spiro atoms. The molecule has 0 radical (unpaired) electrons. The Labute approximate surface area is 123 Å². The number of hydrogen-bond acceptors (Lipinski definition) is 4. The molecule has 1 aliphatic carbocycles. The molecule has 0 bridgehead atoms. The van der Waals surface area contributed by atoms with Crippen LogP contribution in [0.25, 0.3) is 11.0 Å². The fraction of sp³-hybridized carbons (Fsp3) is 0.429. The largest absolute Gasteiger partial charge is 0.252 e. The number of aromatic nitrogens is 2. The third-order valence-corrected chi connectivity index (χ3v) is 6.13. The normalized spacial score (nSPS) is 17.4. The Morgan fingerprint density at radius 3 is 2.60 bits per heavy atom. The van der Waals surface area contributed by atoms with Crippen LogP contribution in [0.15, 0.2) is 29.4 Å². The number of hydrogen-bond donors (Lipinski definition) is 0. The van der Waals surface area contributed by atoms with Crippen molar-refractivity contribution >= 4 is 32.5 Å². The highest BCUT2D eigenvalue weighted by molar-refractivity contribution is 7.92. The van der Waals surface area contributed by atoms with Crippen LogP contribution < -0.4 is 0 Å². The monoisotopic (exact) mass is 310 g/mol. The third kappa shape index (κ3) is 2.52. The van der Waals surface area contributed by atoms with Crippen LogP contribution in [-0.2, 0) is 9.84 Å². The maximum atomic E-state index is 12.6. The van der Waals surface area contributed by atoms with E-state index < -0.39 is 9.84 Å². The molecule has 4 nitrogen and oxygen atoms in total. The van der Waals surface area contributed by atoms with E-state index in [0.29, 0.717) is 16.1 Å². The van der Waals surface area contributed by atoms with Crippen LogP contribution in [0.1, 0.15) is 32.1 Å². The van der Waals surface area contributed by atoms with Gasteiger partial charge in [-0.15, -0.1) is 0 Å². The molecule has 0 saturated heterocycles. The molecule has 1 saturated carbocycles. The Morgan fingerprint density at radius 1 is 1.10 bits per heavy atom. The second kappa shape index (κ2) is 5.30. The zero-order valence-electron chi connectivity index (χ0n) is 10.9. The summed E-state index contributed by atoms with van der Waals surface area (Å²) >= 11 is 5.88. The molecule has 1 heterocycles. The molecule has 0 N–H and O–H groups in total. The quantitative estimate of drug-likeness (QED) is 0.853.